The van der Waals surface area contributed by atoms with Gasteiger partial charge in [-0.3, -0.25) is 4.79 Å². The van der Waals surface area contributed by atoms with Gasteiger partial charge in [0.25, 0.3) is 0 Å². The van der Waals surface area contributed by atoms with Crippen LogP contribution in [0, 0.1) is 6.92 Å². The number of aryl methyl sites for hydroxylation is 1. The summed E-state index contributed by atoms with van der Waals surface area (Å²) in [4.78, 5) is 15.3. The quantitative estimate of drug-likeness (QED) is 0.851. The van der Waals surface area contributed by atoms with Gasteiger partial charge in [0.05, 0.1) is 0 Å². The molecule has 1 unspecified atom stereocenters. The second kappa shape index (κ2) is 3.92. The first-order chi connectivity index (χ1) is 7.63. The van der Waals surface area contributed by atoms with E-state index < -0.39 is 11.9 Å². The van der Waals surface area contributed by atoms with Gasteiger partial charge in [-0.25, -0.2) is 9.50 Å². The molecule has 0 aliphatic carbocycles. The standard InChI is InChI=1S/C11H13N3O2/c1-3-8(11(15)16)9-12-10-7(2)5-4-6-14(10)13-9/h4-6,8H,3H2,1-2H3,(H,15,16). The molecule has 2 aromatic heterocycles. The highest BCUT2D eigenvalue weighted by Crippen LogP contribution is 2.18. The number of carbonyl (C=O) groups is 1. The largest absolute Gasteiger partial charge is 0.481 e. The minimum Gasteiger partial charge on any atom is -0.481 e. The van der Waals surface area contributed by atoms with E-state index in [0.717, 1.165) is 11.2 Å². The van der Waals surface area contributed by atoms with E-state index in [1.165, 1.54) is 0 Å². The van der Waals surface area contributed by atoms with E-state index in [0.29, 0.717) is 12.2 Å². The average Bonchev–Trinajstić information content (AvgIpc) is 2.63. The summed E-state index contributed by atoms with van der Waals surface area (Å²) in [5, 5.41) is 13.2. The molecule has 0 saturated heterocycles. The van der Waals surface area contributed by atoms with E-state index in [4.69, 9.17) is 5.11 Å². The maximum Gasteiger partial charge on any atom is 0.314 e. The Hall–Kier alpha value is -1.91. The third kappa shape index (κ3) is 1.64. The van der Waals surface area contributed by atoms with Crippen LogP contribution in [0.1, 0.15) is 30.7 Å². The lowest BCUT2D eigenvalue weighted by Gasteiger charge is -2.02. The van der Waals surface area contributed by atoms with Gasteiger partial charge in [-0.1, -0.05) is 13.0 Å². The topological polar surface area (TPSA) is 67.5 Å². The van der Waals surface area contributed by atoms with Crippen LogP contribution in [0.2, 0.25) is 0 Å². The van der Waals surface area contributed by atoms with Crippen LogP contribution in [0.3, 0.4) is 0 Å². The molecule has 2 rings (SSSR count). The molecule has 2 aromatic rings. The SMILES string of the molecule is CCC(C(=O)O)c1nc2c(C)cccn2n1. The fourth-order valence-electron chi connectivity index (χ4n) is 1.67. The van der Waals surface area contributed by atoms with Crippen LogP contribution in [0.25, 0.3) is 5.65 Å². The van der Waals surface area contributed by atoms with Crippen LogP contribution in [-0.4, -0.2) is 25.7 Å². The maximum absolute atomic E-state index is 11.0. The third-order valence-electron chi connectivity index (χ3n) is 2.59. The number of hydrogen-bond donors (Lipinski definition) is 1. The van der Waals surface area contributed by atoms with E-state index in [9.17, 15) is 4.79 Å². The number of pyridine rings is 1. The van der Waals surface area contributed by atoms with Crippen LogP contribution in [0.15, 0.2) is 18.3 Å². The first kappa shape index (κ1) is 10.6. The molecule has 0 amide bonds. The summed E-state index contributed by atoms with van der Waals surface area (Å²) >= 11 is 0. The van der Waals surface area contributed by atoms with Gasteiger partial charge in [-0.2, -0.15) is 5.10 Å². The highest BCUT2D eigenvalue weighted by molar-refractivity contribution is 5.75. The fourth-order valence-corrected chi connectivity index (χ4v) is 1.67. The molecule has 0 aliphatic heterocycles. The molecule has 84 valence electrons. The van der Waals surface area contributed by atoms with E-state index >= 15 is 0 Å². The summed E-state index contributed by atoms with van der Waals surface area (Å²) in [5.41, 5.74) is 1.71. The summed E-state index contributed by atoms with van der Waals surface area (Å²) in [6.45, 7) is 3.74. The molecule has 0 fully saturated rings. The fraction of sp³-hybridized carbons (Fsp3) is 0.364. The molecule has 5 nitrogen and oxygen atoms in total. The van der Waals surface area contributed by atoms with Crippen molar-refractivity contribution in [3.05, 3.63) is 29.7 Å². The molecule has 1 atom stereocenters. The Kier molecular flexibility index (Phi) is 2.60. The van der Waals surface area contributed by atoms with Gasteiger partial charge < -0.3 is 5.11 Å². The number of hydrogen-bond acceptors (Lipinski definition) is 3. The summed E-state index contributed by atoms with van der Waals surface area (Å²) in [7, 11) is 0. The first-order valence-corrected chi connectivity index (χ1v) is 5.18. The number of aromatic nitrogens is 3. The zero-order valence-corrected chi connectivity index (χ0v) is 9.21. The molecular formula is C11H13N3O2. The normalized spacial score (nSPS) is 12.9. The maximum atomic E-state index is 11.0. The van der Waals surface area contributed by atoms with Crippen LogP contribution < -0.4 is 0 Å². The average molecular weight is 219 g/mol. The Labute approximate surface area is 92.7 Å². The lowest BCUT2D eigenvalue weighted by molar-refractivity contribution is -0.139. The number of fused-ring (bicyclic) bond motifs is 1. The predicted molar refractivity (Wildman–Crippen MR) is 58.4 cm³/mol. The molecule has 0 spiro atoms. The molecule has 0 saturated carbocycles. The second-order valence-corrected chi connectivity index (χ2v) is 3.73. The Morgan fingerprint density at radius 3 is 2.94 bits per heavy atom. The number of rotatable bonds is 3. The molecule has 2 heterocycles. The number of carboxylic acid groups (broad SMARTS) is 1. The Bertz CT molecular complexity index is 533. The lowest BCUT2D eigenvalue weighted by atomic mass is 10.1. The predicted octanol–water partition coefficient (Wildman–Crippen LogP) is 1.62. The van der Waals surface area contributed by atoms with Crippen molar-refractivity contribution in [1.29, 1.82) is 0 Å². The van der Waals surface area contributed by atoms with Crippen molar-refractivity contribution in [3.8, 4) is 0 Å². The minimum atomic E-state index is -0.879. The van der Waals surface area contributed by atoms with Gasteiger partial charge in [0.2, 0.25) is 0 Å². The van der Waals surface area contributed by atoms with Crippen molar-refractivity contribution in [2.24, 2.45) is 0 Å². The monoisotopic (exact) mass is 219 g/mol. The van der Waals surface area contributed by atoms with E-state index in [2.05, 4.69) is 10.1 Å². The van der Waals surface area contributed by atoms with Crippen molar-refractivity contribution in [2.75, 3.05) is 0 Å². The molecule has 0 radical (unpaired) electrons. The molecule has 0 aliphatic rings. The highest BCUT2D eigenvalue weighted by atomic mass is 16.4. The molecule has 0 aromatic carbocycles. The smallest absolute Gasteiger partial charge is 0.314 e. The van der Waals surface area contributed by atoms with E-state index in [-0.39, 0.29) is 0 Å². The van der Waals surface area contributed by atoms with Crippen LogP contribution in [-0.2, 0) is 4.79 Å². The van der Waals surface area contributed by atoms with Crippen LogP contribution in [0.4, 0.5) is 0 Å². The second-order valence-electron chi connectivity index (χ2n) is 3.73. The van der Waals surface area contributed by atoms with Crippen molar-refractivity contribution < 1.29 is 9.90 Å². The van der Waals surface area contributed by atoms with Crippen LogP contribution in [0.5, 0.6) is 0 Å². The van der Waals surface area contributed by atoms with E-state index in [1.807, 2.05) is 26.0 Å². The van der Waals surface area contributed by atoms with Gasteiger partial charge in [-0.15, -0.1) is 0 Å². The van der Waals surface area contributed by atoms with Gasteiger partial charge in [0, 0.05) is 6.20 Å². The van der Waals surface area contributed by atoms with Gasteiger partial charge in [-0.05, 0) is 25.0 Å². The number of aliphatic carboxylic acids is 1. The minimum absolute atomic E-state index is 0.379. The van der Waals surface area contributed by atoms with Gasteiger partial charge in [0.1, 0.15) is 5.92 Å². The molecule has 0 bridgehead atoms. The molecule has 1 N–H and O–H groups in total. The Morgan fingerprint density at radius 1 is 1.62 bits per heavy atom. The third-order valence-corrected chi connectivity index (χ3v) is 2.59. The summed E-state index contributed by atoms with van der Waals surface area (Å²) in [5.74, 6) is -1.13. The van der Waals surface area contributed by atoms with Crippen LogP contribution >= 0.6 is 0 Å². The molecular weight excluding hydrogens is 206 g/mol. The molecule has 5 heteroatoms. The number of nitrogens with zero attached hydrogens (tertiary/aromatic N) is 3. The molecule has 16 heavy (non-hydrogen) atoms. The van der Waals surface area contributed by atoms with E-state index in [1.54, 1.807) is 10.7 Å². The zero-order chi connectivity index (χ0) is 11.7. The lowest BCUT2D eigenvalue weighted by Crippen LogP contribution is -2.12. The first-order valence-electron chi connectivity index (χ1n) is 5.18. The summed E-state index contributed by atoms with van der Waals surface area (Å²) in [6.07, 6.45) is 2.26. The number of carboxylic acids is 1. The summed E-state index contributed by atoms with van der Waals surface area (Å²) in [6, 6.07) is 3.79. The highest BCUT2D eigenvalue weighted by Gasteiger charge is 2.22. The Balaban J connectivity index is 2.54. The van der Waals surface area contributed by atoms with Crippen molar-refractivity contribution >= 4 is 11.6 Å². The Morgan fingerprint density at radius 2 is 2.38 bits per heavy atom. The van der Waals surface area contributed by atoms with Gasteiger partial charge >= 0.3 is 5.97 Å². The van der Waals surface area contributed by atoms with Crippen molar-refractivity contribution in [2.45, 2.75) is 26.2 Å². The zero-order valence-electron chi connectivity index (χ0n) is 9.21. The summed E-state index contributed by atoms with van der Waals surface area (Å²) < 4.78 is 1.62. The van der Waals surface area contributed by atoms with Crippen molar-refractivity contribution in [3.63, 3.8) is 0 Å². The van der Waals surface area contributed by atoms with Gasteiger partial charge in [0.15, 0.2) is 11.5 Å². The van der Waals surface area contributed by atoms with Crippen molar-refractivity contribution in [1.82, 2.24) is 14.6 Å².